The van der Waals surface area contributed by atoms with Gasteiger partial charge in [0.15, 0.2) is 0 Å². The van der Waals surface area contributed by atoms with E-state index in [9.17, 15) is 19.5 Å². The van der Waals surface area contributed by atoms with Crippen molar-refractivity contribution in [3.63, 3.8) is 0 Å². The molecule has 23 heavy (non-hydrogen) atoms. The van der Waals surface area contributed by atoms with E-state index in [4.69, 9.17) is 11.6 Å². The number of carbonyl (C=O) groups is 3. The summed E-state index contributed by atoms with van der Waals surface area (Å²) in [4.78, 5) is 36.9. The fourth-order valence-corrected chi connectivity index (χ4v) is 2.39. The zero-order valence-corrected chi connectivity index (χ0v) is 13.6. The monoisotopic (exact) mass is 339 g/mol. The van der Waals surface area contributed by atoms with Gasteiger partial charge in [0.05, 0.1) is 10.6 Å². The lowest BCUT2D eigenvalue weighted by Gasteiger charge is -2.25. The molecule has 7 nitrogen and oxygen atoms in total. The maximum absolute atomic E-state index is 12.4. The molecule has 1 saturated heterocycles. The van der Waals surface area contributed by atoms with Gasteiger partial charge in [-0.15, -0.1) is 0 Å². The SMILES string of the molecule is CCC(C)(NC(=O)c1cc(N2CCNC2=O)ccc1Cl)C(=O)O. The maximum atomic E-state index is 12.4. The summed E-state index contributed by atoms with van der Waals surface area (Å²) in [6.45, 7) is 4.11. The van der Waals surface area contributed by atoms with Crippen molar-refractivity contribution in [3.05, 3.63) is 28.8 Å². The number of urea groups is 1. The van der Waals surface area contributed by atoms with Gasteiger partial charge in [-0.1, -0.05) is 18.5 Å². The minimum atomic E-state index is -1.39. The molecule has 1 aromatic carbocycles. The molecule has 0 radical (unpaired) electrons. The number of hydrogen-bond acceptors (Lipinski definition) is 3. The quantitative estimate of drug-likeness (QED) is 0.762. The second kappa shape index (κ2) is 6.45. The van der Waals surface area contributed by atoms with Crippen molar-refractivity contribution < 1.29 is 19.5 Å². The highest BCUT2D eigenvalue weighted by atomic mass is 35.5. The Hall–Kier alpha value is -2.28. The highest BCUT2D eigenvalue weighted by molar-refractivity contribution is 6.34. The molecule has 1 aromatic rings. The average molecular weight is 340 g/mol. The Morgan fingerprint density at radius 3 is 2.70 bits per heavy atom. The van der Waals surface area contributed by atoms with Crippen molar-refractivity contribution in [2.45, 2.75) is 25.8 Å². The Morgan fingerprint density at radius 1 is 1.48 bits per heavy atom. The lowest BCUT2D eigenvalue weighted by molar-refractivity contribution is -0.143. The molecular formula is C15H18ClN3O4. The molecule has 3 amide bonds. The summed E-state index contributed by atoms with van der Waals surface area (Å²) in [7, 11) is 0. The number of anilines is 1. The van der Waals surface area contributed by atoms with Gasteiger partial charge in [0.2, 0.25) is 0 Å². The first-order valence-corrected chi connectivity index (χ1v) is 7.57. The lowest BCUT2D eigenvalue weighted by Crippen LogP contribution is -2.51. The number of hydrogen-bond donors (Lipinski definition) is 3. The number of rotatable bonds is 5. The van der Waals surface area contributed by atoms with Crippen molar-refractivity contribution in [1.82, 2.24) is 10.6 Å². The highest BCUT2D eigenvalue weighted by Crippen LogP contribution is 2.25. The van der Waals surface area contributed by atoms with E-state index in [2.05, 4.69) is 10.6 Å². The molecule has 3 N–H and O–H groups in total. The van der Waals surface area contributed by atoms with Crippen LogP contribution in [-0.4, -0.2) is 41.6 Å². The number of halogens is 1. The van der Waals surface area contributed by atoms with Gasteiger partial charge in [-0.05, 0) is 31.5 Å². The van der Waals surface area contributed by atoms with Crippen molar-refractivity contribution in [3.8, 4) is 0 Å². The van der Waals surface area contributed by atoms with E-state index in [1.807, 2.05) is 0 Å². The first kappa shape index (κ1) is 17.1. The minimum absolute atomic E-state index is 0.129. The summed E-state index contributed by atoms with van der Waals surface area (Å²) < 4.78 is 0. The summed E-state index contributed by atoms with van der Waals surface area (Å²) in [5.41, 5.74) is -0.727. The molecule has 2 rings (SSSR count). The second-order valence-corrected chi connectivity index (χ2v) is 5.90. The van der Waals surface area contributed by atoms with Crippen molar-refractivity contribution in [2.24, 2.45) is 0 Å². The van der Waals surface area contributed by atoms with Crippen molar-refractivity contribution >= 4 is 35.2 Å². The van der Waals surface area contributed by atoms with E-state index in [0.717, 1.165) is 0 Å². The molecule has 1 aliphatic rings. The normalized spacial score (nSPS) is 16.7. The van der Waals surface area contributed by atoms with E-state index >= 15 is 0 Å². The van der Waals surface area contributed by atoms with Gasteiger partial charge in [-0.2, -0.15) is 0 Å². The topological polar surface area (TPSA) is 98.7 Å². The van der Waals surface area contributed by atoms with Crippen LogP contribution in [-0.2, 0) is 4.79 Å². The molecule has 0 aliphatic carbocycles. The largest absolute Gasteiger partial charge is 0.480 e. The number of nitrogens with zero attached hydrogens (tertiary/aromatic N) is 1. The third kappa shape index (κ3) is 3.39. The Balaban J connectivity index is 2.30. The van der Waals surface area contributed by atoms with Crippen LogP contribution < -0.4 is 15.5 Å². The van der Waals surface area contributed by atoms with Gasteiger partial charge in [-0.3, -0.25) is 9.69 Å². The van der Waals surface area contributed by atoms with Crippen LogP contribution in [0.1, 0.15) is 30.6 Å². The summed E-state index contributed by atoms with van der Waals surface area (Å²) >= 11 is 6.06. The van der Waals surface area contributed by atoms with Crippen molar-refractivity contribution in [1.29, 1.82) is 0 Å². The van der Waals surface area contributed by atoms with E-state index in [-0.39, 0.29) is 23.0 Å². The van der Waals surface area contributed by atoms with Gasteiger partial charge < -0.3 is 15.7 Å². The minimum Gasteiger partial charge on any atom is -0.480 e. The zero-order valence-electron chi connectivity index (χ0n) is 12.9. The van der Waals surface area contributed by atoms with E-state index in [1.54, 1.807) is 13.0 Å². The van der Waals surface area contributed by atoms with Crippen LogP contribution in [0.2, 0.25) is 5.02 Å². The lowest BCUT2D eigenvalue weighted by atomic mass is 9.98. The molecule has 0 spiro atoms. The molecule has 1 aliphatic heterocycles. The number of benzene rings is 1. The summed E-state index contributed by atoms with van der Waals surface area (Å²) in [5.74, 6) is -1.72. The van der Waals surface area contributed by atoms with Crippen LogP contribution in [0.25, 0.3) is 0 Å². The summed E-state index contributed by atoms with van der Waals surface area (Å²) in [6, 6.07) is 4.39. The smallest absolute Gasteiger partial charge is 0.329 e. The van der Waals surface area contributed by atoms with Crippen LogP contribution in [0, 0.1) is 0 Å². The van der Waals surface area contributed by atoms with Gasteiger partial charge in [-0.25, -0.2) is 9.59 Å². The Bertz CT molecular complexity index is 664. The number of nitrogens with one attached hydrogen (secondary N) is 2. The third-order valence-electron chi connectivity index (χ3n) is 3.93. The van der Waals surface area contributed by atoms with Gasteiger partial charge in [0.25, 0.3) is 5.91 Å². The first-order valence-electron chi connectivity index (χ1n) is 7.19. The molecular weight excluding hydrogens is 322 g/mol. The molecule has 8 heteroatoms. The Morgan fingerprint density at radius 2 is 2.17 bits per heavy atom. The summed E-state index contributed by atoms with van der Waals surface area (Å²) in [5, 5.41) is 14.6. The molecule has 1 fully saturated rings. The van der Waals surface area contributed by atoms with Crippen LogP contribution in [0.3, 0.4) is 0 Å². The molecule has 0 saturated carbocycles. The third-order valence-corrected chi connectivity index (χ3v) is 4.26. The van der Waals surface area contributed by atoms with Gasteiger partial charge in [0, 0.05) is 18.8 Å². The number of carbonyl (C=O) groups excluding carboxylic acids is 2. The van der Waals surface area contributed by atoms with Crippen LogP contribution in [0.4, 0.5) is 10.5 Å². The first-order chi connectivity index (χ1) is 10.8. The average Bonchev–Trinajstić information content (AvgIpc) is 2.93. The zero-order chi connectivity index (χ0) is 17.2. The molecule has 1 atom stereocenters. The van der Waals surface area contributed by atoms with Crippen molar-refractivity contribution in [2.75, 3.05) is 18.0 Å². The Labute approximate surface area is 138 Å². The number of aliphatic carboxylic acids is 1. The highest BCUT2D eigenvalue weighted by Gasteiger charge is 2.33. The van der Waals surface area contributed by atoms with Crippen LogP contribution in [0.5, 0.6) is 0 Å². The second-order valence-electron chi connectivity index (χ2n) is 5.49. The predicted octanol–water partition coefficient (Wildman–Crippen LogP) is 1.85. The fraction of sp³-hybridized carbons (Fsp3) is 0.400. The Kier molecular flexibility index (Phi) is 4.79. The number of amides is 3. The predicted molar refractivity (Wildman–Crippen MR) is 86.0 cm³/mol. The van der Waals surface area contributed by atoms with Crippen LogP contribution in [0.15, 0.2) is 18.2 Å². The molecule has 1 unspecified atom stereocenters. The molecule has 1 heterocycles. The van der Waals surface area contributed by atoms with E-state index in [0.29, 0.717) is 18.8 Å². The molecule has 124 valence electrons. The molecule has 0 aromatic heterocycles. The van der Waals surface area contributed by atoms with E-state index < -0.39 is 17.4 Å². The maximum Gasteiger partial charge on any atom is 0.329 e. The standard InChI is InChI=1S/C15H18ClN3O4/c1-3-15(2,13(21)22)18-12(20)10-8-9(4-5-11(10)16)19-7-6-17-14(19)23/h4-5,8H,3,6-7H2,1-2H3,(H,17,23)(H,18,20)(H,21,22). The van der Waals surface area contributed by atoms with Gasteiger partial charge in [0.1, 0.15) is 5.54 Å². The molecule has 0 bridgehead atoms. The van der Waals surface area contributed by atoms with Crippen LogP contribution >= 0.6 is 11.6 Å². The fourth-order valence-electron chi connectivity index (χ4n) is 2.18. The number of carboxylic acid groups (broad SMARTS) is 1. The van der Waals surface area contributed by atoms with E-state index in [1.165, 1.54) is 24.0 Å². The summed E-state index contributed by atoms with van der Waals surface area (Å²) in [6.07, 6.45) is 0.222. The number of carboxylic acids is 1. The van der Waals surface area contributed by atoms with Gasteiger partial charge >= 0.3 is 12.0 Å².